The minimum Gasteiger partial charge on any atom is -0.493 e. The van der Waals surface area contributed by atoms with Crippen LogP contribution in [0.1, 0.15) is 88.4 Å². The Morgan fingerprint density at radius 3 is 2.36 bits per heavy atom. The number of methoxy groups -OCH3 is 1. The van der Waals surface area contributed by atoms with Crippen molar-refractivity contribution in [3.63, 3.8) is 0 Å². The molecule has 0 aromatic heterocycles. The molecule has 39 heavy (non-hydrogen) atoms. The largest absolute Gasteiger partial charge is 0.493 e. The molecular weight excluding hydrogens is 503 g/mol. The molecule has 4 atom stereocenters. The van der Waals surface area contributed by atoms with Crippen LogP contribution in [0.15, 0.2) is 12.1 Å². The zero-order valence-electron chi connectivity index (χ0n) is 23.2. The van der Waals surface area contributed by atoms with Crippen molar-refractivity contribution in [2.45, 2.75) is 90.2 Å². The fourth-order valence-electron chi connectivity index (χ4n) is 7.25. The number of hydrogen-bond acceptors (Lipinski definition) is 5. The molecule has 4 unspecified atom stereocenters. The van der Waals surface area contributed by atoms with Gasteiger partial charge < -0.3 is 25.2 Å². The molecule has 3 N–H and O–H groups in total. The third-order valence-corrected chi connectivity index (χ3v) is 10.1. The van der Waals surface area contributed by atoms with E-state index in [9.17, 15) is 19.5 Å². The number of benzene rings is 1. The first-order valence-electron chi connectivity index (χ1n) is 14.4. The first kappa shape index (κ1) is 27.7. The van der Waals surface area contributed by atoms with Crippen molar-refractivity contribution in [2.24, 2.45) is 28.6 Å². The van der Waals surface area contributed by atoms with Gasteiger partial charge in [0.05, 0.1) is 30.1 Å². The molecule has 214 valence electrons. The number of fused-ring (bicyclic) bond motifs is 2. The minimum absolute atomic E-state index is 0.00140. The van der Waals surface area contributed by atoms with Gasteiger partial charge in [-0.3, -0.25) is 14.4 Å². The molecule has 8 nitrogen and oxygen atoms in total. The number of carboxylic acids is 1. The number of aliphatic carboxylic acids is 1. The van der Waals surface area contributed by atoms with E-state index in [1.54, 1.807) is 6.92 Å². The average Bonchev–Trinajstić information content (AvgIpc) is 3.49. The Balaban J connectivity index is 1.28. The molecule has 4 fully saturated rings. The second-order valence-corrected chi connectivity index (χ2v) is 12.9. The molecule has 2 bridgehead atoms. The third-order valence-electron chi connectivity index (χ3n) is 10.1. The van der Waals surface area contributed by atoms with E-state index in [4.69, 9.17) is 9.47 Å². The summed E-state index contributed by atoms with van der Waals surface area (Å²) in [4.78, 5) is 38.4. The molecule has 4 saturated carbocycles. The van der Waals surface area contributed by atoms with E-state index < -0.39 is 23.1 Å². The number of rotatable bonds is 9. The molecule has 1 aromatic carbocycles. The maximum Gasteiger partial charge on any atom is 0.309 e. The number of amides is 2. The van der Waals surface area contributed by atoms with E-state index in [1.165, 1.54) is 25.7 Å². The molecule has 0 saturated heterocycles. The van der Waals surface area contributed by atoms with Crippen LogP contribution >= 0.6 is 0 Å². The van der Waals surface area contributed by atoms with Gasteiger partial charge in [0.25, 0.3) is 5.91 Å². The summed E-state index contributed by atoms with van der Waals surface area (Å²) in [5.41, 5.74) is -0.584. The SMILES string of the molecule is COc1c(F)cc(OC2CCC(C)(C(=O)O)CC2)cc1C(=O)NC1C2CCC(C2)C1C(=O)NCC1(C)CCC1. The molecule has 4 aliphatic carbocycles. The Hall–Kier alpha value is -2.84. The summed E-state index contributed by atoms with van der Waals surface area (Å²) >= 11 is 0. The highest BCUT2D eigenvalue weighted by molar-refractivity contribution is 5.98. The van der Waals surface area contributed by atoms with Gasteiger partial charge in [-0.05, 0) is 88.0 Å². The number of carbonyl (C=O) groups is 3. The van der Waals surface area contributed by atoms with Gasteiger partial charge in [0.15, 0.2) is 11.6 Å². The lowest BCUT2D eigenvalue weighted by Gasteiger charge is -2.39. The lowest BCUT2D eigenvalue weighted by Crippen LogP contribution is -2.51. The molecule has 2 amide bonds. The average molecular weight is 545 g/mol. The van der Waals surface area contributed by atoms with Gasteiger partial charge in [0, 0.05) is 18.7 Å². The first-order chi connectivity index (χ1) is 18.5. The summed E-state index contributed by atoms with van der Waals surface area (Å²) in [5.74, 6) is -1.80. The fourth-order valence-corrected chi connectivity index (χ4v) is 7.25. The highest BCUT2D eigenvalue weighted by Gasteiger charge is 2.52. The van der Waals surface area contributed by atoms with Crippen LogP contribution in [-0.4, -0.2) is 48.7 Å². The van der Waals surface area contributed by atoms with Gasteiger partial charge in [0.1, 0.15) is 5.75 Å². The highest BCUT2D eigenvalue weighted by Crippen LogP contribution is 2.49. The van der Waals surface area contributed by atoms with Crippen molar-refractivity contribution >= 4 is 17.8 Å². The Morgan fingerprint density at radius 1 is 1.05 bits per heavy atom. The first-order valence-corrected chi connectivity index (χ1v) is 14.4. The van der Waals surface area contributed by atoms with Gasteiger partial charge in [0.2, 0.25) is 5.91 Å². The lowest BCUT2D eigenvalue weighted by molar-refractivity contribution is -0.150. The monoisotopic (exact) mass is 544 g/mol. The lowest BCUT2D eigenvalue weighted by atomic mass is 9.70. The summed E-state index contributed by atoms with van der Waals surface area (Å²) in [5, 5.41) is 15.7. The third kappa shape index (κ3) is 5.46. The summed E-state index contributed by atoms with van der Waals surface area (Å²) in [6.45, 7) is 4.59. The standard InChI is InChI=1S/C30H41FN2O6/c1-29(9-4-10-29)16-32-27(35)23-17-5-6-18(13-17)24(23)33-26(34)21-14-20(15-22(31)25(21)38-3)39-19-7-11-30(2,12-8-19)28(36)37/h14-15,17-19,23-24H,4-13,16H2,1-3H3,(H,32,35)(H,33,34)(H,36,37). The maximum atomic E-state index is 15.0. The van der Waals surface area contributed by atoms with E-state index in [0.717, 1.165) is 32.1 Å². The van der Waals surface area contributed by atoms with E-state index in [-0.39, 0.29) is 58.3 Å². The predicted octanol–water partition coefficient (Wildman–Crippen LogP) is 4.70. The molecule has 0 aliphatic heterocycles. The summed E-state index contributed by atoms with van der Waals surface area (Å²) in [6, 6.07) is 2.38. The van der Waals surface area contributed by atoms with Crippen LogP contribution in [0.4, 0.5) is 4.39 Å². The van der Waals surface area contributed by atoms with Crippen molar-refractivity contribution in [3.8, 4) is 11.5 Å². The number of nitrogens with one attached hydrogen (secondary N) is 2. The van der Waals surface area contributed by atoms with E-state index >= 15 is 4.39 Å². The summed E-state index contributed by atoms with van der Waals surface area (Å²) < 4.78 is 26.3. The molecule has 4 aliphatic rings. The molecular formula is C30H41FN2O6. The second-order valence-electron chi connectivity index (χ2n) is 12.9. The quantitative estimate of drug-likeness (QED) is 0.415. The van der Waals surface area contributed by atoms with Crippen LogP contribution in [0.3, 0.4) is 0 Å². The number of carbonyl (C=O) groups excluding carboxylic acids is 2. The summed E-state index contributed by atoms with van der Waals surface area (Å²) in [7, 11) is 1.32. The zero-order chi connectivity index (χ0) is 27.9. The Labute approximate surface area is 229 Å². The van der Waals surface area contributed by atoms with E-state index in [2.05, 4.69) is 17.6 Å². The van der Waals surface area contributed by atoms with Crippen LogP contribution in [0.25, 0.3) is 0 Å². The van der Waals surface area contributed by atoms with Gasteiger partial charge in [-0.2, -0.15) is 0 Å². The van der Waals surface area contributed by atoms with Crippen molar-refractivity contribution in [1.82, 2.24) is 10.6 Å². The Kier molecular flexibility index (Phi) is 7.55. The summed E-state index contributed by atoms with van der Waals surface area (Å²) in [6.07, 6.45) is 8.00. The molecule has 0 radical (unpaired) electrons. The van der Waals surface area contributed by atoms with Gasteiger partial charge in [-0.15, -0.1) is 0 Å². The topological polar surface area (TPSA) is 114 Å². The highest BCUT2D eigenvalue weighted by atomic mass is 19.1. The fraction of sp³-hybridized carbons (Fsp3) is 0.700. The molecule has 0 heterocycles. The van der Waals surface area contributed by atoms with E-state index in [0.29, 0.717) is 32.2 Å². The van der Waals surface area contributed by atoms with Crippen molar-refractivity contribution in [3.05, 3.63) is 23.5 Å². The number of hydrogen-bond donors (Lipinski definition) is 3. The number of halogens is 1. The second kappa shape index (κ2) is 10.6. The Morgan fingerprint density at radius 2 is 1.74 bits per heavy atom. The normalized spacial score (nSPS) is 32.7. The van der Waals surface area contributed by atoms with Crippen LogP contribution < -0.4 is 20.1 Å². The molecule has 9 heteroatoms. The number of ether oxygens (including phenoxy) is 2. The van der Waals surface area contributed by atoms with Gasteiger partial charge in [-0.25, -0.2) is 4.39 Å². The van der Waals surface area contributed by atoms with Gasteiger partial charge >= 0.3 is 5.97 Å². The predicted molar refractivity (Wildman–Crippen MR) is 142 cm³/mol. The maximum absolute atomic E-state index is 15.0. The Bertz CT molecular complexity index is 1130. The van der Waals surface area contributed by atoms with E-state index in [1.807, 2.05) is 0 Å². The molecule has 5 rings (SSSR count). The van der Waals surface area contributed by atoms with Crippen molar-refractivity contribution in [1.29, 1.82) is 0 Å². The van der Waals surface area contributed by atoms with Crippen LogP contribution in [0, 0.1) is 34.4 Å². The minimum atomic E-state index is -0.819. The zero-order valence-corrected chi connectivity index (χ0v) is 23.2. The van der Waals surface area contributed by atoms with Crippen molar-refractivity contribution in [2.75, 3.05) is 13.7 Å². The van der Waals surface area contributed by atoms with Crippen LogP contribution in [0.2, 0.25) is 0 Å². The number of carboxylic acid groups (broad SMARTS) is 1. The van der Waals surface area contributed by atoms with Crippen LogP contribution in [0.5, 0.6) is 11.5 Å². The van der Waals surface area contributed by atoms with Gasteiger partial charge in [-0.1, -0.05) is 13.3 Å². The van der Waals surface area contributed by atoms with Crippen LogP contribution in [-0.2, 0) is 9.59 Å². The molecule has 1 aromatic rings. The molecule has 0 spiro atoms. The van der Waals surface area contributed by atoms with Crippen molar-refractivity contribution < 1.29 is 33.4 Å². The smallest absolute Gasteiger partial charge is 0.309 e.